The maximum atomic E-state index is 13.7. The summed E-state index contributed by atoms with van der Waals surface area (Å²) in [7, 11) is 1.32. The molecule has 0 spiro atoms. The molecule has 2 rings (SSSR count). The number of pyridine rings is 1. The van der Waals surface area contributed by atoms with Crippen LogP contribution in [0.5, 0.6) is 5.75 Å². The summed E-state index contributed by atoms with van der Waals surface area (Å²) in [6, 6.07) is 6.24. The van der Waals surface area contributed by atoms with Gasteiger partial charge in [0.05, 0.1) is 18.4 Å². The zero-order valence-corrected chi connectivity index (χ0v) is 8.96. The van der Waals surface area contributed by atoms with E-state index in [2.05, 4.69) is 4.98 Å². The molecule has 0 unspecified atom stereocenters. The van der Waals surface area contributed by atoms with Crippen LogP contribution in [0.1, 0.15) is 0 Å². The van der Waals surface area contributed by atoms with Gasteiger partial charge in [-0.3, -0.25) is 4.79 Å². The lowest BCUT2D eigenvalue weighted by Crippen LogP contribution is -2.05. The second-order valence-electron chi connectivity index (χ2n) is 3.39. The predicted octanol–water partition coefficient (Wildman–Crippen LogP) is 2.33. The van der Waals surface area contributed by atoms with Gasteiger partial charge in [-0.05, 0) is 6.07 Å². The van der Waals surface area contributed by atoms with Crippen LogP contribution in [-0.4, -0.2) is 12.1 Å². The van der Waals surface area contributed by atoms with Gasteiger partial charge in [-0.2, -0.15) is 0 Å². The first-order valence-electron chi connectivity index (χ1n) is 4.84. The molecule has 3 nitrogen and oxygen atoms in total. The molecule has 1 aromatic carbocycles. The summed E-state index contributed by atoms with van der Waals surface area (Å²) in [6.45, 7) is 0. The van der Waals surface area contributed by atoms with E-state index in [0.29, 0.717) is 0 Å². The highest BCUT2D eigenvalue weighted by Gasteiger charge is 2.14. The summed E-state index contributed by atoms with van der Waals surface area (Å²) in [5.74, 6) is -1.49. The highest BCUT2D eigenvalue weighted by molar-refractivity contribution is 5.61. The standard InChI is InChI=1S/C12H9F2NO2/c1-17-7-5-8(13)12(9(14)6-7)10-3-2-4-11(16)15-10/h2-6H,1H3,(H,15,16). The highest BCUT2D eigenvalue weighted by Crippen LogP contribution is 2.27. The van der Waals surface area contributed by atoms with E-state index < -0.39 is 17.2 Å². The average Bonchev–Trinajstić information content (AvgIpc) is 2.28. The van der Waals surface area contributed by atoms with Gasteiger partial charge in [0.1, 0.15) is 17.4 Å². The van der Waals surface area contributed by atoms with Gasteiger partial charge in [0.25, 0.3) is 0 Å². The van der Waals surface area contributed by atoms with Crippen molar-refractivity contribution in [2.24, 2.45) is 0 Å². The number of halogens is 2. The number of ether oxygens (including phenoxy) is 1. The van der Waals surface area contributed by atoms with Gasteiger partial charge in [-0.15, -0.1) is 0 Å². The van der Waals surface area contributed by atoms with Crippen molar-refractivity contribution in [1.82, 2.24) is 4.98 Å². The Balaban J connectivity index is 2.64. The molecule has 1 N–H and O–H groups in total. The average molecular weight is 237 g/mol. The molecular formula is C12H9F2NO2. The van der Waals surface area contributed by atoms with Crippen molar-refractivity contribution in [2.75, 3.05) is 7.11 Å². The molecule has 17 heavy (non-hydrogen) atoms. The maximum absolute atomic E-state index is 13.7. The lowest BCUT2D eigenvalue weighted by molar-refractivity contribution is 0.407. The summed E-state index contributed by atoms with van der Waals surface area (Å²) in [5.41, 5.74) is -0.601. The van der Waals surface area contributed by atoms with Crippen molar-refractivity contribution < 1.29 is 13.5 Å². The lowest BCUT2D eigenvalue weighted by Gasteiger charge is -2.07. The monoisotopic (exact) mass is 237 g/mol. The van der Waals surface area contributed by atoms with Crippen LogP contribution in [-0.2, 0) is 0 Å². The number of rotatable bonds is 2. The van der Waals surface area contributed by atoms with E-state index in [0.717, 1.165) is 12.1 Å². The van der Waals surface area contributed by atoms with Gasteiger partial charge in [0, 0.05) is 18.2 Å². The molecule has 0 atom stereocenters. The SMILES string of the molecule is COc1cc(F)c(-c2cccc(=O)[nH]2)c(F)c1. The third-order valence-corrected chi connectivity index (χ3v) is 2.29. The van der Waals surface area contributed by atoms with Crippen molar-refractivity contribution in [3.8, 4) is 17.0 Å². The smallest absolute Gasteiger partial charge is 0.248 e. The Morgan fingerprint density at radius 3 is 2.35 bits per heavy atom. The quantitative estimate of drug-likeness (QED) is 0.870. The Kier molecular flexibility index (Phi) is 2.91. The molecule has 0 saturated carbocycles. The molecule has 0 amide bonds. The Morgan fingerprint density at radius 1 is 1.18 bits per heavy atom. The molecule has 0 aliphatic carbocycles. The zero-order chi connectivity index (χ0) is 12.4. The van der Waals surface area contributed by atoms with Crippen LogP contribution in [0.3, 0.4) is 0 Å². The van der Waals surface area contributed by atoms with Gasteiger partial charge in [-0.25, -0.2) is 8.78 Å². The molecule has 0 aliphatic heterocycles. The lowest BCUT2D eigenvalue weighted by atomic mass is 10.1. The fraction of sp³-hybridized carbons (Fsp3) is 0.0833. The summed E-state index contributed by atoms with van der Waals surface area (Å²) in [4.78, 5) is 13.5. The summed E-state index contributed by atoms with van der Waals surface area (Å²) in [6.07, 6.45) is 0. The highest BCUT2D eigenvalue weighted by atomic mass is 19.1. The van der Waals surface area contributed by atoms with Crippen LogP contribution < -0.4 is 10.3 Å². The largest absolute Gasteiger partial charge is 0.497 e. The fourth-order valence-electron chi connectivity index (χ4n) is 1.52. The number of methoxy groups -OCH3 is 1. The number of hydrogen-bond acceptors (Lipinski definition) is 2. The summed E-state index contributed by atoms with van der Waals surface area (Å²) < 4.78 is 32.1. The Bertz CT molecular complexity index is 584. The number of benzene rings is 1. The molecule has 0 radical (unpaired) electrons. The third kappa shape index (κ3) is 2.18. The maximum Gasteiger partial charge on any atom is 0.248 e. The van der Waals surface area contributed by atoms with E-state index in [1.807, 2.05) is 0 Å². The van der Waals surface area contributed by atoms with Crippen LogP contribution in [0, 0.1) is 11.6 Å². The zero-order valence-electron chi connectivity index (χ0n) is 8.96. The Labute approximate surface area is 95.7 Å². The van der Waals surface area contributed by atoms with E-state index in [4.69, 9.17) is 4.74 Å². The van der Waals surface area contributed by atoms with E-state index in [9.17, 15) is 13.6 Å². The van der Waals surface area contributed by atoms with Crippen LogP contribution in [0.15, 0.2) is 35.1 Å². The van der Waals surface area contributed by atoms with E-state index in [-0.39, 0.29) is 17.0 Å². The molecule has 0 bridgehead atoms. The number of nitrogens with one attached hydrogen (secondary N) is 1. The molecule has 2 aromatic rings. The van der Waals surface area contributed by atoms with Crippen LogP contribution >= 0.6 is 0 Å². The minimum Gasteiger partial charge on any atom is -0.497 e. The Hall–Kier alpha value is -2.17. The number of hydrogen-bond donors (Lipinski definition) is 1. The van der Waals surface area contributed by atoms with Crippen LogP contribution in [0.25, 0.3) is 11.3 Å². The molecule has 5 heteroatoms. The normalized spacial score (nSPS) is 10.3. The molecule has 88 valence electrons. The van der Waals surface area contributed by atoms with Crippen molar-refractivity contribution >= 4 is 0 Å². The number of H-pyrrole nitrogens is 1. The van der Waals surface area contributed by atoms with Crippen molar-refractivity contribution in [2.45, 2.75) is 0 Å². The predicted molar refractivity (Wildman–Crippen MR) is 59.0 cm³/mol. The first kappa shape index (κ1) is 11.3. The molecular weight excluding hydrogens is 228 g/mol. The summed E-state index contributed by atoms with van der Waals surface area (Å²) in [5, 5.41) is 0. The summed E-state index contributed by atoms with van der Waals surface area (Å²) >= 11 is 0. The molecule has 0 fully saturated rings. The number of aromatic amines is 1. The van der Waals surface area contributed by atoms with Crippen molar-refractivity contribution in [1.29, 1.82) is 0 Å². The van der Waals surface area contributed by atoms with Gasteiger partial charge >= 0.3 is 0 Å². The minimum atomic E-state index is -0.788. The molecule has 1 aromatic heterocycles. The first-order valence-corrected chi connectivity index (χ1v) is 4.84. The molecule has 0 saturated heterocycles. The second kappa shape index (κ2) is 4.37. The molecule has 0 aliphatic rings. The van der Waals surface area contributed by atoms with E-state index in [1.54, 1.807) is 0 Å². The Morgan fingerprint density at radius 2 is 1.82 bits per heavy atom. The van der Waals surface area contributed by atoms with Crippen molar-refractivity contribution in [3.63, 3.8) is 0 Å². The van der Waals surface area contributed by atoms with Crippen LogP contribution in [0.2, 0.25) is 0 Å². The topological polar surface area (TPSA) is 42.1 Å². The minimum absolute atomic E-state index is 0.0852. The van der Waals surface area contributed by atoms with Gasteiger partial charge in [0.15, 0.2) is 0 Å². The van der Waals surface area contributed by atoms with Gasteiger partial charge in [-0.1, -0.05) is 6.07 Å². The van der Waals surface area contributed by atoms with E-state index in [1.165, 1.54) is 25.3 Å². The second-order valence-corrected chi connectivity index (χ2v) is 3.39. The molecule has 1 heterocycles. The third-order valence-electron chi connectivity index (χ3n) is 2.29. The van der Waals surface area contributed by atoms with E-state index >= 15 is 0 Å². The van der Waals surface area contributed by atoms with Gasteiger partial charge in [0.2, 0.25) is 5.56 Å². The van der Waals surface area contributed by atoms with Crippen molar-refractivity contribution in [3.05, 3.63) is 52.3 Å². The first-order chi connectivity index (χ1) is 8.11. The van der Waals surface area contributed by atoms with Gasteiger partial charge < -0.3 is 9.72 Å². The fourth-order valence-corrected chi connectivity index (χ4v) is 1.52. The number of aromatic nitrogens is 1. The van der Waals surface area contributed by atoms with Crippen LogP contribution in [0.4, 0.5) is 8.78 Å².